The summed E-state index contributed by atoms with van der Waals surface area (Å²) in [5.74, 6) is 0.692. The first kappa shape index (κ1) is 6.81. The van der Waals surface area contributed by atoms with E-state index in [0.717, 1.165) is 6.42 Å². The van der Waals surface area contributed by atoms with Gasteiger partial charge in [0.1, 0.15) is 5.84 Å². The van der Waals surface area contributed by atoms with E-state index in [1.54, 1.807) is 6.20 Å². The van der Waals surface area contributed by atoms with E-state index in [-0.39, 0.29) is 4.32 Å². The van der Waals surface area contributed by atoms with E-state index < -0.39 is 0 Å². The molecule has 1 atom stereocenters. The molecule has 0 radical (unpaired) electrons. The number of aliphatic imine (C=N–C) groups is 1. The van der Waals surface area contributed by atoms with Gasteiger partial charge >= 0.3 is 0 Å². The number of hydrogen-bond acceptors (Lipinski definition) is 2. The molecule has 0 aliphatic carbocycles. The average Bonchev–Trinajstić information content (AvgIpc) is 1.60. The second kappa shape index (κ2) is 2.14. The van der Waals surface area contributed by atoms with E-state index in [9.17, 15) is 0 Å². The molecular formula is C6H9BrN2. The minimum absolute atomic E-state index is 0.0266. The molecule has 0 saturated heterocycles. The van der Waals surface area contributed by atoms with Crippen LogP contribution in [0.5, 0.6) is 0 Å². The first-order valence-corrected chi connectivity index (χ1v) is 3.58. The van der Waals surface area contributed by atoms with Crippen molar-refractivity contribution in [3.05, 3.63) is 12.3 Å². The predicted octanol–water partition coefficient (Wildman–Crippen LogP) is 1.41. The van der Waals surface area contributed by atoms with Crippen LogP contribution >= 0.6 is 15.9 Å². The van der Waals surface area contributed by atoms with E-state index in [0.29, 0.717) is 5.84 Å². The molecule has 50 valence electrons. The Morgan fingerprint density at radius 3 is 2.89 bits per heavy atom. The molecular weight excluding hydrogens is 180 g/mol. The van der Waals surface area contributed by atoms with Gasteiger partial charge in [0.2, 0.25) is 0 Å². The number of halogens is 1. The van der Waals surface area contributed by atoms with Gasteiger partial charge in [0, 0.05) is 16.9 Å². The van der Waals surface area contributed by atoms with Crippen LogP contribution in [0.3, 0.4) is 0 Å². The molecule has 0 bridgehead atoms. The summed E-state index contributed by atoms with van der Waals surface area (Å²) in [6.07, 6.45) is 4.51. The lowest BCUT2D eigenvalue weighted by atomic mass is 10.1. The van der Waals surface area contributed by atoms with E-state index in [2.05, 4.69) is 27.8 Å². The minimum Gasteiger partial charge on any atom is -0.387 e. The maximum absolute atomic E-state index is 5.48. The van der Waals surface area contributed by atoms with Crippen LogP contribution in [-0.2, 0) is 0 Å². The smallest absolute Gasteiger partial charge is 0.101 e. The van der Waals surface area contributed by atoms with Crippen molar-refractivity contribution in [2.45, 2.75) is 17.7 Å². The van der Waals surface area contributed by atoms with Gasteiger partial charge in [-0.2, -0.15) is 0 Å². The van der Waals surface area contributed by atoms with E-state index >= 15 is 0 Å². The highest BCUT2D eigenvalue weighted by Crippen LogP contribution is 2.25. The van der Waals surface area contributed by atoms with Crippen molar-refractivity contribution in [2.24, 2.45) is 10.7 Å². The van der Waals surface area contributed by atoms with Gasteiger partial charge in [0.05, 0.1) is 0 Å². The molecule has 1 aliphatic rings. The Bertz CT molecular complexity index is 170. The van der Waals surface area contributed by atoms with Crippen LogP contribution in [0.2, 0.25) is 0 Å². The second-order valence-electron chi connectivity index (χ2n) is 2.39. The van der Waals surface area contributed by atoms with Crippen molar-refractivity contribution in [3.8, 4) is 0 Å². The topological polar surface area (TPSA) is 38.4 Å². The molecule has 1 unspecified atom stereocenters. The molecule has 9 heavy (non-hydrogen) atoms. The zero-order valence-corrected chi connectivity index (χ0v) is 6.85. The van der Waals surface area contributed by atoms with E-state index in [1.807, 2.05) is 6.08 Å². The average molecular weight is 189 g/mol. The molecule has 0 amide bonds. The summed E-state index contributed by atoms with van der Waals surface area (Å²) in [6.45, 7) is 2.06. The lowest BCUT2D eigenvalue weighted by Crippen LogP contribution is -2.25. The minimum atomic E-state index is 0.0266. The lowest BCUT2D eigenvalue weighted by Gasteiger charge is -2.19. The van der Waals surface area contributed by atoms with Crippen molar-refractivity contribution < 1.29 is 0 Å². The second-order valence-corrected chi connectivity index (χ2v) is 4.20. The molecule has 0 aromatic rings. The fourth-order valence-corrected chi connectivity index (χ4v) is 1.15. The maximum Gasteiger partial charge on any atom is 0.101 e. The number of nitrogens with zero attached hydrogens (tertiary/aromatic N) is 1. The van der Waals surface area contributed by atoms with Crippen molar-refractivity contribution >= 4 is 21.8 Å². The van der Waals surface area contributed by atoms with Crippen molar-refractivity contribution in [3.63, 3.8) is 0 Å². The third kappa shape index (κ3) is 1.82. The molecule has 0 aromatic heterocycles. The number of rotatable bonds is 0. The highest BCUT2D eigenvalue weighted by atomic mass is 79.9. The number of alkyl halides is 1. The van der Waals surface area contributed by atoms with Crippen LogP contribution in [-0.4, -0.2) is 10.2 Å². The zero-order valence-electron chi connectivity index (χ0n) is 5.26. The predicted molar refractivity (Wildman–Crippen MR) is 42.7 cm³/mol. The quantitative estimate of drug-likeness (QED) is 0.575. The third-order valence-corrected chi connectivity index (χ3v) is 1.73. The van der Waals surface area contributed by atoms with Crippen LogP contribution < -0.4 is 5.73 Å². The number of amidine groups is 1. The highest BCUT2D eigenvalue weighted by Gasteiger charge is 2.19. The Labute approximate surface area is 63.0 Å². The van der Waals surface area contributed by atoms with Gasteiger partial charge in [-0.3, -0.25) is 0 Å². The van der Waals surface area contributed by atoms with Gasteiger partial charge < -0.3 is 5.73 Å². The maximum atomic E-state index is 5.48. The molecule has 0 fully saturated rings. The Balaban J connectivity index is 2.73. The number of nitrogens with two attached hydrogens (primary N) is 1. The van der Waals surface area contributed by atoms with Crippen molar-refractivity contribution in [1.82, 2.24) is 0 Å². The summed E-state index contributed by atoms with van der Waals surface area (Å²) in [4.78, 5) is 3.91. The van der Waals surface area contributed by atoms with Gasteiger partial charge in [-0.05, 0) is 13.0 Å². The molecule has 3 heteroatoms. The van der Waals surface area contributed by atoms with Crippen LogP contribution in [0.25, 0.3) is 0 Å². The SMILES string of the molecule is CC1(Br)C=CN=C(N)C1. The summed E-state index contributed by atoms with van der Waals surface area (Å²) in [6, 6.07) is 0. The van der Waals surface area contributed by atoms with Gasteiger partial charge in [-0.25, -0.2) is 4.99 Å². The van der Waals surface area contributed by atoms with Gasteiger partial charge in [0.25, 0.3) is 0 Å². The van der Waals surface area contributed by atoms with Crippen LogP contribution in [0.15, 0.2) is 17.3 Å². The standard InChI is InChI=1S/C6H9BrN2/c1-6(7)2-3-9-5(8)4-6/h2-3H,4H2,1H3,(H2,8,9). The number of allylic oxidation sites excluding steroid dienone is 1. The summed E-state index contributed by atoms with van der Waals surface area (Å²) < 4.78 is 0.0266. The van der Waals surface area contributed by atoms with Crippen molar-refractivity contribution in [2.75, 3.05) is 0 Å². The molecule has 0 spiro atoms. The zero-order chi connectivity index (χ0) is 6.91. The Kier molecular flexibility index (Phi) is 1.62. The summed E-state index contributed by atoms with van der Waals surface area (Å²) in [5, 5.41) is 0. The molecule has 0 aromatic carbocycles. The fourth-order valence-electron chi connectivity index (χ4n) is 0.747. The molecule has 2 N–H and O–H groups in total. The fraction of sp³-hybridized carbons (Fsp3) is 0.500. The highest BCUT2D eigenvalue weighted by molar-refractivity contribution is 9.10. The van der Waals surface area contributed by atoms with Gasteiger partial charge in [0.15, 0.2) is 0 Å². The van der Waals surface area contributed by atoms with E-state index in [1.165, 1.54) is 0 Å². The third-order valence-electron chi connectivity index (χ3n) is 1.19. The molecule has 0 saturated carbocycles. The molecule has 1 heterocycles. The van der Waals surface area contributed by atoms with Gasteiger partial charge in [-0.1, -0.05) is 15.9 Å². The molecule has 2 nitrogen and oxygen atoms in total. The normalized spacial score (nSPS) is 34.2. The van der Waals surface area contributed by atoms with Crippen LogP contribution in [0.4, 0.5) is 0 Å². The lowest BCUT2D eigenvalue weighted by molar-refractivity contribution is 0.829. The summed E-state index contributed by atoms with van der Waals surface area (Å²) in [5.41, 5.74) is 5.48. The monoisotopic (exact) mass is 188 g/mol. The first-order valence-electron chi connectivity index (χ1n) is 2.79. The van der Waals surface area contributed by atoms with Crippen LogP contribution in [0.1, 0.15) is 13.3 Å². The molecule has 1 rings (SSSR count). The molecule has 1 aliphatic heterocycles. The Morgan fingerprint density at radius 2 is 2.56 bits per heavy atom. The summed E-state index contributed by atoms with van der Waals surface area (Å²) in [7, 11) is 0. The summed E-state index contributed by atoms with van der Waals surface area (Å²) >= 11 is 3.49. The van der Waals surface area contributed by atoms with E-state index in [4.69, 9.17) is 5.73 Å². The van der Waals surface area contributed by atoms with Crippen LogP contribution in [0, 0.1) is 0 Å². The largest absolute Gasteiger partial charge is 0.387 e. The number of hydrogen-bond donors (Lipinski definition) is 1. The first-order chi connectivity index (χ1) is 4.10. The van der Waals surface area contributed by atoms with Gasteiger partial charge in [-0.15, -0.1) is 0 Å². The van der Waals surface area contributed by atoms with Crippen molar-refractivity contribution in [1.29, 1.82) is 0 Å². The Morgan fingerprint density at radius 1 is 1.89 bits per heavy atom. The Hall–Kier alpha value is -0.310.